The largest absolute Gasteiger partial charge is 0.486 e. The van der Waals surface area contributed by atoms with Crippen LogP contribution in [0.5, 0.6) is 11.5 Å². The molecule has 0 radical (unpaired) electrons. The molecule has 0 unspecified atom stereocenters. The molecule has 2 heterocycles. The summed E-state index contributed by atoms with van der Waals surface area (Å²) in [5, 5.41) is 5.44. The normalized spacial score (nSPS) is 12.3. The number of fused-ring (bicyclic) bond motifs is 2. The molecule has 1 aromatic heterocycles. The molecule has 2 aromatic carbocycles. The maximum Gasteiger partial charge on any atom is 0.325 e. The second-order valence-electron chi connectivity index (χ2n) is 6.60. The molecule has 0 aliphatic carbocycles. The minimum atomic E-state index is -0.743. The Morgan fingerprint density at radius 2 is 1.87 bits per heavy atom. The van der Waals surface area contributed by atoms with E-state index >= 15 is 0 Å². The number of aryl methyl sites for hydroxylation is 1. The van der Waals surface area contributed by atoms with E-state index in [1.807, 2.05) is 24.3 Å². The highest BCUT2D eigenvalue weighted by Gasteiger charge is 2.15. The molecule has 0 saturated heterocycles. The summed E-state index contributed by atoms with van der Waals surface area (Å²) in [6.07, 6.45) is 0.515. The fourth-order valence-electron chi connectivity index (χ4n) is 2.90. The molecule has 10 heteroatoms. The van der Waals surface area contributed by atoms with Crippen molar-refractivity contribution in [2.75, 3.05) is 25.1 Å². The first-order valence-corrected chi connectivity index (χ1v) is 10.4. The Morgan fingerprint density at radius 3 is 2.71 bits per heavy atom. The van der Waals surface area contributed by atoms with Crippen LogP contribution in [0.2, 0.25) is 0 Å². The van der Waals surface area contributed by atoms with Crippen LogP contribution in [0.15, 0.2) is 42.5 Å². The number of rotatable bonds is 6. The van der Waals surface area contributed by atoms with Gasteiger partial charge in [0.1, 0.15) is 13.2 Å². The number of nitrogens with one attached hydrogen (secondary N) is 2. The highest BCUT2D eigenvalue weighted by atomic mass is 32.1. The van der Waals surface area contributed by atoms with Gasteiger partial charge in [-0.1, -0.05) is 12.1 Å². The molecule has 1 aliphatic rings. The van der Waals surface area contributed by atoms with Crippen LogP contribution < -0.4 is 20.1 Å². The molecule has 0 fully saturated rings. The van der Waals surface area contributed by atoms with Crippen LogP contribution in [0.4, 0.5) is 10.5 Å². The number of nitrogens with zero attached hydrogens (tertiary/aromatic N) is 1. The van der Waals surface area contributed by atoms with Crippen molar-refractivity contribution in [2.45, 2.75) is 12.8 Å². The van der Waals surface area contributed by atoms with E-state index in [4.69, 9.17) is 14.2 Å². The third-order valence-corrected chi connectivity index (χ3v) is 5.39. The monoisotopic (exact) mass is 441 g/mol. The van der Waals surface area contributed by atoms with Gasteiger partial charge in [0.05, 0.1) is 21.6 Å². The van der Waals surface area contributed by atoms with E-state index in [0.717, 1.165) is 15.2 Å². The summed E-state index contributed by atoms with van der Waals surface area (Å²) >= 11 is 1.51. The van der Waals surface area contributed by atoms with Gasteiger partial charge >= 0.3 is 12.0 Å². The van der Waals surface area contributed by atoms with Gasteiger partial charge in [0.15, 0.2) is 18.1 Å². The van der Waals surface area contributed by atoms with Crippen LogP contribution in [0.25, 0.3) is 10.2 Å². The Kier molecular flexibility index (Phi) is 6.27. The number of esters is 1. The molecule has 4 rings (SSSR count). The SMILES string of the molecule is O=C(COC(=O)CCc1nc2ccccc2s1)NC(=O)Nc1ccc2c(c1)OCCO2. The molecule has 0 atom stereocenters. The van der Waals surface area contributed by atoms with Gasteiger partial charge in [-0.25, -0.2) is 9.78 Å². The first kappa shape index (κ1) is 20.6. The maximum absolute atomic E-state index is 12.0. The third-order valence-electron chi connectivity index (χ3n) is 4.30. The molecule has 0 saturated carbocycles. The number of hydrogen-bond acceptors (Lipinski definition) is 8. The van der Waals surface area contributed by atoms with Gasteiger partial charge in [0.25, 0.3) is 5.91 Å². The van der Waals surface area contributed by atoms with Crippen LogP contribution in [0.1, 0.15) is 11.4 Å². The van der Waals surface area contributed by atoms with Crippen LogP contribution in [-0.4, -0.2) is 42.7 Å². The Labute approximate surface area is 181 Å². The average molecular weight is 441 g/mol. The summed E-state index contributed by atoms with van der Waals surface area (Å²) < 4.78 is 16.8. The second-order valence-corrected chi connectivity index (χ2v) is 7.71. The fraction of sp³-hybridized carbons (Fsp3) is 0.238. The summed E-state index contributed by atoms with van der Waals surface area (Å²) in [6, 6.07) is 11.9. The molecule has 0 bridgehead atoms. The first-order valence-electron chi connectivity index (χ1n) is 9.57. The number of benzene rings is 2. The van der Waals surface area contributed by atoms with E-state index in [0.29, 0.717) is 36.8 Å². The number of anilines is 1. The zero-order chi connectivity index (χ0) is 21.6. The van der Waals surface area contributed by atoms with Gasteiger partial charge in [0, 0.05) is 18.2 Å². The minimum Gasteiger partial charge on any atom is -0.486 e. The quantitative estimate of drug-likeness (QED) is 0.565. The lowest BCUT2D eigenvalue weighted by Gasteiger charge is -2.19. The van der Waals surface area contributed by atoms with Crippen LogP contribution in [0, 0.1) is 0 Å². The van der Waals surface area contributed by atoms with Gasteiger partial charge in [0.2, 0.25) is 0 Å². The number of para-hydroxylation sites is 1. The van der Waals surface area contributed by atoms with E-state index in [9.17, 15) is 14.4 Å². The number of carbonyl (C=O) groups excluding carboxylic acids is 3. The standard InChI is InChI=1S/C21H19N3O6S/c25-18(24-21(27)22-13-5-6-15-16(11-13)29-10-9-28-15)12-30-20(26)8-7-19-23-14-3-1-2-4-17(14)31-19/h1-6,11H,7-10,12H2,(H2,22,24,25,27). The number of urea groups is 1. The number of carbonyl (C=O) groups is 3. The number of aromatic nitrogens is 1. The summed E-state index contributed by atoms with van der Waals surface area (Å²) in [6.45, 7) is 0.340. The van der Waals surface area contributed by atoms with Crippen molar-refractivity contribution in [1.82, 2.24) is 10.3 Å². The molecular weight excluding hydrogens is 422 g/mol. The van der Waals surface area contributed by atoms with Crippen LogP contribution in [-0.2, 0) is 20.7 Å². The van der Waals surface area contributed by atoms with Crippen molar-refractivity contribution in [2.24, 2.45) is 0 Å². The van der Waals surface area contributed by atoms with Crippen molar-refractivity contribution < 1.29 is 28.6 Å². The molecular formula is C21H19N3O6S. The Hall–Kier alpha value is -3.66. The molecule has 1 aliphatic heterocycles. The van der Waals surface area contributed by atoms with Crippen molar-refractivity contribution in [3.63, 3.8) is 0 Å². The van der Waals surface area contributed by atoms with Crippen molar-refractivity contribution in [1.29, 1.82) is 0 Å². The Balaban J connectivity index is 1.18. The lowest BCUT2D eigenvalue weighted by molar-refractivity contribution is -0.148. The lowest BCUT2D eigenvalue weighted by Crippen LogP contribution is -2.37. The minimum absolute atomic E-state index is 0.0937. The van der Waals surface area contributed by atoms with Crippen LogP contribution >= 0.6 is 11.3 Å². The van der Waals surface area contributed by atoms with Crippen molar-refractivity contribution in [3.8, 4) is 11.5 Å². The smallest absolute Gasteiger partial charge is 0.325 e. The summed E-state index contributed by atoms with van der Waals surface area (Å²) in [7, 11) is 0. The zero-order valence-corrected chi connectivity index (χ0v) is 17.2. The number of hydrogen-bond donors (Lipinski definition) is 2. The summed E-state index contributed by atoms with van der Waals surface area (Å²) in [5.74, 6) is -0.173. The van der Waals surface area contributed by atoms with E-state index in [1.165, 1.54) is 11.3 Å². The number of ether oxygens (including phenoxy) is 3. The van der Waals surface area contributed by atoms with Gasteiger partial charge in [-0.05, 0) is 24.3 Å². The number of imide groups is 1. The fourth-order valence-corrected chi connectivity index (χ4v) is 3.87. The van der Waals surface area contributed by atoms with Crippen LogP contribution in [0.3, 0.4) is 0 Å². The highest BCUT2D eigenvalue weighted by Crippen LogP contribution is 2.32. The maximum atomic E-state index is 12.0. The molecule has 2 N–H and O–H groups in total. The zero-order valence-electron chi connectivity index (χ0n) is 16.4. The van der Waals surface area contributed by atoms with Gasteiger partial charge in [-0.3, -0.25) is 14.9 Å². The second kappa shape index (κ2) is 9.43. The van der Waals surface area contributed by atoms with Crippen molar-refractivity contribution in [3.05, 3.63) is 47.5 Å². The van der Waals surface area contributed by atoms with E-state index in [1.54, 1.807) is 18.2 Å². The summed E-state index contributed by atoms with van der Waals surface area (Å²) in [4.78, 5) is 40.2. The predicted octanol–water partition coefficient (Wildman–Crippen LogP) is 2.89. The molecule has 3 amide bonds. The topological polar surface area (TPSA) is 116 Å². The molecule has 0 spiro atoms. The first-order chi connectivity index (χ1) is 15.1. The predicted molar refractivity (Wildman–Crippen MR) is 113 cm³/mol. The number of amides is 3. The van der Waals surface area contributed by atoms with E-state index in [2.05, 4.69) is 15.6 Å². The van der Waals surface area contributed by atoms with Crippen molar-refractivity contribution >= 4 is 45.1 Å². The Morgan fingerprint density at radius 1 is 1.06 bits per heavy atom. The Bertz CT molecular complexity index is 1100. The molecule has 160 valence electrons. The lowest BCUT2D eigenvalue weighted by atomic mass is 10.2. The molecule has 31 heavy (non-hydrogen) atoms. The molecule has 9 nitrogen and oxygen atoms in total. The van der Waals surface area contributed by atoms with Gasteiger partial charge in [-0.2, -0.15) is 0 Å². The van der Waals surface area contributed by atoms with E-state index in [-0.39, 0.29) is 6.42 Å². The highest BCUT2D eigenvalue weighted by molar-refractivity contribution is 7.18. The van der Waals surface area contributed by atoms with Gasteiger partial charge < -0.3 is 19.5 Å². The number of thiazole rings is 1. The third kappa shape index (κ3) is 5.48. The van der Waals surface area contributed by atoms with Gasteiger partial charge in [-0.15, -0.1) is 11.3 Å². The average Bonchev–Trinajstić information content (AvgIpc) is 3.19. The molecule has 3 aromatic rings. The summed E-state index contributed by atoms with van der Waals surface area (Å²) in [5.41, 5.74) is 1.32. The van der Waals surface area contributed by atoms with E-state index < -0.39 is 24.5 Å².